The normalized spacial score (nSPS) is 13.2. The molecule has 0 heterocycles. The SMILES string of the molecule is CCCCCCCCCCCCCC(O)C(CO)NC(=O)CCCCCCCCCCC. The van der Waals surface area contributed by atoms with Crippen molar-refractivity contribution in [3.8, 4) is 0 Å². The Morgan fingerprint density at radius 3 is 1.41 bits per heavy atom. The highest BCUT2D eigenvalue weighted by Gasteiger charge is 2.19. The Bertz CT molecular complexity index is 389. The lowest BCUT2D eigenvalue weighted by atomic mass is 10.0. The molecule has 0 aliphatic carbocycles. The van der Waals surface area contributed by atoms with Crippen LogP contribution in [0, 0.1) is 0 Å². The molecule has 0 fully saturated rings. The maximum atomic E-state index is 12.2. The maximum Gasteiger partial charge on any atom is 0.220 e. The van der Waals surface area contributed by atoms with E-state index < -0.39 is 12.1 Å². The van der Waals surface area contributed by atoms with Gasteiger partial charge in [-0.3, -0.25) is 4.79 Å². The van der Waals surface area contributed by atoms with Crippen molar-refractivity contribution >= 4 is 5.91 Å². The molecule has 0 saturated heterocycles. The highest BCUT2D eigenvalue weighted by Crippen LogP contribution is 2.14. The minimum atomic E-state index is -0.648. The van der Waals surface area contributed by atoms with Gasteiger partial charge in [0, 0.05) is 6.42 Å². The monoisotopic (exact) mass is 455 g/mol. The molecule has 0 radical (unpaired) electrons. The number of aliphatic hydroxyl groups excluding tert-OH is 2. The highest BCUT2D eigenvalue weighted by atomic mass is 16.3. The summed E-state index contributed by atoms with van der Waals surface area (Å²) in [5.74, 6) is -0.0371. The van der Waals surface area contributed by atoms with Gasteiger partial charge < -0.3 is 15.5 Å². The van der Waals surface area contributed by atoms with Gasteiger partial charge in [-0.1, -0.05) is 136 Å². The average Bonchev–Trinajstić information content (AvgIpc) is 2.79. The summed E-state index contributed by atoms with van der Waals surface area (Å²) in [6, 6.07) is -0.524. The summed E-state index contributed by atoms with van der Waals surface area (Å²) >= 11 is 0. The molecule has 0 bridgehead atoms. The first-order valence-corrected chi connectivity index (χ1v) is 14.2. The van der Waals surface area contributed by atoms with Crippen LogP contribution in [-0.2, 0) is 4.79 Å². The van der Waals surface area contributed by atoms with E-state index in [1.165, 1.54) is 103 Å². The number of rotatable bonds is 25. The van der Waals surface area contributed by atoms with Gasteiger partial charge in [-0.2, -0.15) is 0 Å². The van der Waals surface area contributed by atoms with Gasteiger partial charge in [0.2, 0.25) is 5.91 Å². The predicted molar refractivity (Wildman–Crippen MR) is 138 cm³/mol. The molecule has 0 rings (SSSR count). The third-order valence-electron chi connectivity index (χ3n) is 6.62. The second kappa shape index (κ2) is 25.0. The molecule has 0 spiro atoms. The molecule has 0 aliphatic rings. The molecular weight excluding hydrogens is 398 g/mol. The third kappa shape index (κ3) is 21.2. The molecule has 32 heavy (non-hydrogen) atoms. The molecule has 1 amide bonds. The van der Waals surface area contributed by atoms with Crippen molar-refractivity contribution in [1.82, 2.24) is 5.32 Å². The van der Waals surface area contributed by atoms with E-state index in [2.05, 4.69) is 19.2 Å². The van der Waals surface area contributed by atoms with Crippen molar-refractivity contribution in [2.75, 3.05) is 6.61 Å². The Balaban J connectivity index is 3.62. The number of aliphatic hydroxyl groups is 2. The lowest BCUT2D eigenvalue weighted by Crippen LogP contribution is -2.45. The van der Waals surface area contributed by atoms with Gasteiger partial charge in [0.15, 0.2) is 0 Å². The average molecular weight is 456 g/mol. The summed E-state index contributed by atoms with van der Waals surface area (Å²) < 4.78 is 0. The Labute approximate surface area is 200 Å². The van der Waals surface area contributed by atoms with Gasteiger partial charge in [0.1, 0.15) is 0 Å². The number of carbonyl (C=O) groups is 1. The molecule has 0 aromatic carbocycles. The topological polar surface area (TPSA) is 69.6 Å². The van der Waals surface area contributed by atoms with Crippen molar-refractivity contribution in [1.29, 1.82) is 0 Å². The summed E-state index contributed by atoms with van der Waals surface area (Å²) in [7, 11) is 0. The molecule has 4 nitrogen and oxygen atoms in total. The molecule has 0 aromatic heterocycles. The van der Waals surface area contributed by atoms with Crippen molar-refractivity contribution in [2.24, 2.45) is 0 Å². The first-order valence-electron chi connectivity index (χ1n) is 14.2. The van der Waals surface area contributed by atoms with Crippen LogP contribution < -0.4 is 5.32 Å². The van der Waals surface area contributed by atoms with Gasteiger partial charge in [0.05, 0.1) is 18.8 Å². The van der Waals surface area contributed by atoms with Gasteiger partial charge >= 0.3 is 0 Å². The molecule has 0 saturated carbocycles. The summed E-state index contributed by atoms with van der Waals surface area (Å²) in [5.41, 5.74) is 0. The number of unbranched alkanes of at least 4 members (excludes halogenated alkanes) is 18. The number of hydrogen-bond donors (Lipinski definition) is 3. The van der Waals surface area contributed by atoms with Crippen LogP contribution in [0.25, 0.3) is 0 Å². The highest BCUT2D eigenvalue weighted by molar-refractivity contribution is 5.76. The fourth-order valence-corrected chi connectivity index (χ4v) is 4.36. The third-order valence-corrected chi connectivity index (χ3v) is 6.62. The van der Waals surface area contributed by atoms with E-state index in [1.54, 1.807) is 0 Å². The van der Waals surface area contributed by atoms with Crippen LogP contribution in [0.15, 0.2) is 0 Å². The number of nitrogens with one attached hydrogen (secondary N) is 1. The number of carbonyl (C=O) groups excluding carboxylic acids is 1. The molecule has 0 aliphatic heterocycles. The zero-order valence-electron chi connectivity index (χ0n) is 21.7. The Morgan fingerprint density at radius 1 is 0.625 bits per heavy atom. The standard InChI is InChI=1S/C28H57NO3/c1-3-5-7-9-11-13-14-16-17-19-21-23-27(31)26(25-30)29-28(32)24-22-20-18-15-12-10-8-6-4-2/h26-27,30-31H,3-25H2,1-2H3,(H,29,32). The molecular formula is C28H57NO3. The smallest absolute Gasteiger partial charge is 0.220 e. The minimum Gasteiger partial charge on any atom is -0.394 e. The second-order valence-electron chi connectivity index (χ2n) is 9.83. The van der Waals surface area contributed by atoms with Crippen LogP contribution in [0.2, 0.25) is 0 Å². The molecule has 0 aromatic rings. The van der Waals surface area contributed by atoms with Gasteiger partial charge in [-0.15, -0.1) is 0 Å². The van der Waals surface area contributed by atoms with E-state index in [0.717, 1.165) is 25.7 Å². The largest absolute Gasteiger partial charge is 0.394 e. The van der Waals surface area contributed by atoms with Crippen molar-refractivity contribution in [2.45, 2.75) is 167 Å². The zero-order chi connectivity index (χ0) is 23.7. The molecule has 192 valence electrons. The predicted octanol–water partition coefficient (Wildman–Crippen LogP) is 7.45. The molecule has 4 heteroatoms. The first kappa shape index (κ1) is 31.4. The van der Waals surface area contributed by atoms with E-state index in [4.69, 9.17) is 0 Å². The van der Waals surface area contributed by atoms with Crippen LogP contribution in [0.4, 0.5) is 0 Å². The van der Waals surface area contributed by atoms with Crippen LogP contribution in [0.3, 0.4) is 0 Å². The summed E-state index contributed by atoms with van der Waals surface area (Å²) in [5, 5.41) is 22.8. The van der Waals surface area contributed by atoms with Gasteiger partial charge in [-0.05, 0) is 12.8 Å². The van der Waals surface area contributed by atoms with Crippen molar-refractivity contribution in [3.05, 3.63) is 0 Å². The summed E-state index contributed by atoms with van der Waals surface area (Å²) in [6.45, 7) is 4.30. The summed E-state index contributed by atoms with van der Waals surface area (Å²) in [6.07, 6.45) is 25.7. The Hall–Kier alpha value is -0.610. The van der Waals surface area contributed by atoms with Crippen LogP contribution in [-0.4, -0.2) is 34.9 Å². The van der Waals surface area contributed by atoms with E-state index in [-0.39, 0.29) is 12.5 Å². The van der Waals surface area contributed by atoms with Crippen molar-refractivity contribution < 1.29 is 15.0 Å². The number of hydrogen-bond acceptors (Lipinski definition) is 3. The van der Waals surface area contributed by atoms with E-state index in [0.29, 0.717) is 12.8 Å². The maximum absolute atomic E-state index is 12.2. The van der Waals surface area contributed by atoms with Crippen LogP contribution >= 0.6 is 0 Å². The van der Waals surface area contributed by atoms with E-state index in [9.17, 15) is 15.0 Å². The Morgan fingerprint density at radius 2 is 1.00 bits per heavy atom. The van der Waals surface area contributed by atoms with Crippen LogP contribution in [0.5, 0.6) is 0 Å². The van der Waals surface area contributed by atoms with Gasteiger partial charge in [0.25, 0.3) is 0 Å². The molecule has 3 N–H and O–H groups in total. The van der Waals surface area contributed by atoms with Gasteiger partial charge in [-0.25, -0.2) is 0 Å². The number of amides is 1. The van der Waals surface area contributed by atoms with E-state index >= 15 is 0 Å². The fourth-order valence-electron chi connectivity index (χ4n) is 4.36. The lowest BCUT2D eigenvalue weighted by Gasteiger charge is -2.22. The van der Waals surface area contributed by atoms with Crippen molar-refractivity contribution in [3.63, 3.8) is 0 Å². The zero-order valence-corrected chi connectivity index (χ0v) is 21.7. The first-order chi connectivity index (χ1) is 15.7. The fraction of sp³-hybridized carbons (Fsp3) is 0.964. The van der Waals surface area contributed by atoms with E-state index in [1.807, 2.05) is 0 Å². The lowest BCUT2D eigenvalue weighted by molar-refractivity contribution is -0.123. The minimum absolute atomic E-state index is 0.0371. The second-order valence-corrected chi connectivity index (χ2v) is 9.83. The molecule has 2 unspecified atom stereocenters. The Kier molecular flexibility index (Phi) is 24.5. The quantitative estimate of drug-likeness (QED) is 0.125. The van der Waals surface area contributed by atoms with Crippen LogP contribution in [0.1, 0.15) is 155 Å². The summed E-state index contributed by atoms with van der Waals surface area (Å²) in [4.78, 5) is 12.2. The molecule has 2 atom stereocenters.